The zero-order chi connectivity index (χ0) is 9.68. The summed E-state index contributed by atoms with van der Waals surface area (Å²) in [4.78, 5) is 10.7. The molecule has 0 heterocycles. The molecule has 0 amide bonds. The van der Waals surface area contributed by atoms with Crippen molar-refractivity contribution in [1.82, 2.24) is 0 Å². The molecular weight excluding hydrogens is 168 g/mol. The molecule has 69 valence electrons. The number of carbonyl (C=O) groups excluding carboxylic acids is 1. The Morgan fingerprint density at radius 3 is 2.92 bits per heavy atom. The smallest absolute Gasteiger partial charge is 0.308 e. The Hall–Kier alpha value is -1.51. The van der Waals surface area contributed by atoms with Crippen molar-refractivity contribution in [3.63, 3.8) is 0 Å². The van der Waals surface area contributed by atoms with Crippen LogP contribution >= 0.6 is 0 Å². The van der Waals surface area contributed by atoms with Crippen LogP contribution in [0, 0.1) is 6.07 Å². The lowest BCUT2D eigenvalue weighted by Gasteiger charge is -2.07. The molecule has 0 aliphatic carbocycles. The molecule has 0 bridgehead atoms. The van der Waals surface area contributed by atoms with Crippen LogP contribution in [-0.4, -0.2) is 12.6 Å². The SMILES string of the molecule is CCOc1c[c]ccc1OC(C)=O. The van der Waals surface area contributed by atoms with Gasteiger partial charge in [-0.05, 0) is 25.1 Å². The summed E-state index contributed by atoms with van der Waals surface area (Å²) in [5, 5.41) is 0. The normalized spacial score (nSPS) is 9.38. The number of rotatable bonds is 3. The highest BCUT2D eigenvalue weighted by molar-refractivity contribution is 5.70. The number of hydrogen-bond acceptors (Lipinski definition) is 3. The fourth-order valence-corrected chi connectivity index (χ4v) is 0.908. The van der Waals surface area contributed by atoms with Crippen molar-refractivity contribution in [2.75, 3.05) is 6.61 Å². The van der Waals surface area contributed by atoms with Gasteiger partial charge < -0.3 is 9.47 Å². The number of ether oxygens (including phenoxy) is 2. The molecule has 1 radical (unpaired) electrons. The van der Waals surface area contributed by atoms with Gasteiger partial charge in [0.15, 0.2) is 11.5 Å². The first kappa shape index (κ1) is 9.58. The van der Waals surface area contributed by atoms with Gasteiger partial charge in [0.2, 0.25) is 0 Å². The third kappa shape index (κ3) is 2.78. The summed E-state index contributed by atoms with van der Waals surface area (Å²) in [6.07, 6.45) is 0. The van der Waals surface area contributed by atoms with Crippen LogP contribution in [0.5, 0.6) is 11.5 Å². The second kappa shape index (κ2) is 4.50. The maximum absolute atomic E-state index is 10.7. The largest absolute Gasteiger partial charge is 0.490 e. The van der Waals surface area contributed by atoms with Crippen molar-refractivity contribution in [3.8, 4) is 11.5 Å². The molecule has 0 aliphatic heterocycles. The summed E-state index contributed by atoms with van der Waals surface area (Å²) in [5.74, 6) is 0.625. The Balaban J connectivity index is 2.84. The molecule has 1 aromatic rings. The number of benzene rings is 1. The fraction of sp³-hybridized carbons (Fsp3) is 0.300. The van der Waals surface area contributed by atoms with Gasteiger partial charge in [-0.25, -0.2) is 0 Å². The van der Waals surface area contributed by atoms with Crippen LogP contribution in [0.15, 0.2) is 18.2 Å². The first-order chi connectivity index (χ1) is 6.24. The quantitative estimate of drug-likeness (QED) is 0.524. The Kier molecular flexibility index (Phi) is 3.31. The number of carbonyl (C=O) groups is 1. The van der Waals surface area contributed by atoms with E-state index in [-0.39, 0.29) is 5.97 Å². The van der Waals surface area contributed by atoms with Crippen LogP contribution in [0.4, 0.5) is 0 Å². The lowest BCUT2D eigenvalue weighted by Crippen LogP contribution is -2.03. The van der Waals surface area contributed by atoms with Gasteiger partial charge in [-0.2, -0.15) is 0 Å². The summed E-state index contributed by atoms with van der Waals surface area (Å²) >= 11 is 0. The van der Waals surface area contributed by atoms with E-state index in [1.165, 1.54) is 6.92 Å². The minimum absolute atomic E-state index is 0.354. The average Bonchev–Trinajstić information content (AvgIpc) is 2.08. The van der Waals surface area contributed by atoms with Crippen LogP contribution in [0.3, 0.4) is 0 Å². The van der Waals surface area contributed by atoms with Gasteiger partial charge in [0.1, 0.15) is 0 Å². The van der Waals surface area contributed by atoms with Crippen LogP contribution in [0.2, 0.25) is 0 Å². The third-order valence-electron chi connectivity index (χ3n) is 1.34. The van der Waals surface area contributed by atoms with E-state index in [9.17, 15) is 4.79 Å². The molecule has 13 heavy (non-hydrogen) atoms. The lowest BCUT2D eigenvalue weighted by molar-refractivity contribution is -0.132. The minimum Gasteiger partial charge on any atom is -0.490 e. The van der Waals surface area contributed by atoms with E-state index < -0.39 is 0 Å². The molecule has 0 unspecified atom stereocenters. The zero-order valence-corrected chi connectivity index (χ0v) is 7.66. The van der Waals surface area contributed by atoms with Crippen LogP contribution < -0.4 is 9.47 Å². The van der Waals surface area contributed by atoms with Crippen molar-refractivity contribution in [3.05, 3.63) is 24.3 Å². The summed E-state index contributed by atoms with van der Waals surface area (Å²) in [6.45, 7) is 3.75. The molecule has 0 aromatic heterocycles. The molecule has 0 saturated heterocycles. The molecule has 0 saturated carbocycles. The fourth-order valence-electron chi connectivity index (χ4n) is 0.908. The van der Waals surface area contributed by atoms with Crippen molar-refractivity contribution in [2.24, 2.45) is 0 Å². The van der Waals surface area contributed by atoms with Crippen molar-refractivity contribution >= 4 is 5.97 Å². The van der Waals surface area contributed by atoms with Crippen molar-refractivity contribution < 1.29 is 14.3 Å². The van der Waals surface area contributed by atoms with Gasteiger partial charge in [-0.15, -0.1) is 0 Å². The number of hydrogen-bond donors (Lipinski definition) is 0. The maximum atomic E-state index is 10.7. The highest BCUT2D eigenvalue weighted by atomic mass is 16.6. The Bertz CT molecular complexity index is 294. The molecule has 0 atom stereocenters. The average molecular weight is 179 g/mol. The first-order valence-corrected chi connectivity index (χ1v) is 4.05. The molecule has 3 heteroatoms. The molecule has 3 nitrogen and oxygen atoms in total. The highest BCUT2D eigenvalue weighted by Crippen LogP contribution is 2.25. The van der Waals surface area contributed by atoms with Gasteiger partial charge in [0, 0.05) is 6.92 Å². The topological polar surface area (TPSA) is 35.5 Å². The summed E-state index contributed by atoms with van der Waals surface area (Å²) < 4.78 is 10.1. The second-order valence-corrected chi connectivity index (χ2v) is 2.40. The number of esters is 1. The van der Waals surface area contributed by atoms with Gasteiger partial charge in [0.05, 0.1) is 6.61 Å². The Labute approximate surface area is 77.3 Å². The van der Waals surface area contributed by atoms with E-state index in [2.05, 4.69) is 6.07 Å². The van der Waals surface area contributed by atoms with Crippen LogP contribution in [-0.2, 0) is 4.79 Å². The lowest BCUT2D eigenvalue weighted by atomic mass is 10.3. The van der Waals surface area contributed by atoms with Gasteiger partial charge in [-0.1, -0.05) is 6.07 Å². The monoisotopic (exact) mass is 179 g/mol. The maximum Gasteiger partial charge on any atom is 0.308 e. The third-order valence-corrected chi connectivity index (χ3v) is 1.34. The molecule has 1 aromatic carbocycles. The highest BCUT2D eigenvalue weighted by Gasteiger charge is 2.04. The van der Waals surface area contributed by atoms with Crippen molar-refractivity contribution in [2.45, 2.75) is 13.8 Å². The van der Waals surface area contributed by atoms with E-state index in [4.69, 9.17) is 9.47 Å². The van der Waals surface area contributed by atoms with E-state index >= 15 is 0 Å². The zero-order valence-electron chi connectivity index (χ0n) is 7.66. The molecule has 0 aliphatic rings. The van der Waals surface area contributed by atoms with Crippen molar-refractivity contribution in [1.29, 1.82) is 0 Å². The van der Waals surface area contributed by atoms with E-state index in [1.54, 1.807) is 18.2 Å². The van der Waals surface area contributed by atoms with Crippen LogP contribution in [0.1, 0.15) is 13.8 Å². The standard InChI is InChI=1S/C10H11O3/c1-3-12-9-6-4-5-7-10(9)13-8(2)11/h5-7H,3H2,1-2H3. The predicted octanol–water partition coefficient (Wildman–Crippen LogP) is 1.81. The Morgan fingerprint density at radius 2 is 2.31 bits per heavy atom. The van der Waals surface area contributed by atoms with E-state index in [0.717, 1.165) is 0 Å². The molecule has 1 rings (SSSR count). The van der Waals surface area contributed by atoms with Gasteiger partial charge in [-0.3, -0.25) is 4.79 Å². The summed E-state index contributed by atoms with van der Waals surface area (Å²) in [6, 6.07) is 7.80. The first-order valence-electron chi connectivity index (χ1n) is 4.05. The second-order valence-electron chi connectivity index (χ2n) is 2.40. The van der Waals surface area contributed by atoms with Gasteiger partial charge >= 0.3 is 5.97 Å². The van der Waals surface area contributed by atoms with Crippen LogP contribution in [0.25, 0.3) is 0 Å². The Morgan fingerprint density at radius 1 is 1.54 bits per heavy atom. The summed E-state index contributed by atoms with van der Waals surface area (Å²) in [5.41, 5.74) is 0. The molecule has 0 fully saturated rings. The predicted molar refractivity (Wildman–Crippen MR) is 47.8 cm³/mol. The van der Waals surface area contributed by atoms with E-state index in [0.29, 0.717) is 18.1 Å². The van der Waals surface area contributed by atoms with Gasteiger partial charge in [0.25, 0.3) is 0 Å². The molecule has 0 N–H and O–H groups in total. The minimum atomic E-state index is -0.354. The summed E-state index contributed by atoms with van der Waals surface area (Å²) in [7, 11) is 0. The van der Waals surface area contributed by atoms with E-state index in [1.807, 2.05) is 6.92 Å². The molecular formula is C10H11O3. The molecule has 0 spiro atoms.